The Labute approximate surface area is 152 Å². The minimum atomic E-state index is 0.433. The Morgan fingerprint density at radius 3 is 2.46 bits per heavy atom. The maximum atomic E-state index is 8.94. The fraction of sp³-hybridized carbons (Fsp3) is 0.0909. The second-order valence-corrected chi connectivity index (χ2v) is 6.54. The molecule has 3 N–H and O–H groups in total. The number of hydrogen-bond acceptors (Lipinski definition) is 3. The van der Waals surface area contributed by atoms with Crippen molar-refractivity contribution in [1.82, 2.24) is 9.55 Å². The number of nitrogen functional groups attached to an aromatic ring is 1. The molecule has 0 aliphatic rings. The van der Waals surface area contributed by atoms with Gasteiger partial charge < -0.3 is 5.73 Å². The third-order valence-electron chi connectivity index (χ3n) is 4.63. The molecule has 0 radical (unpaired) electrons. The van der Waals surface area contributed by atoms with Gasteiger partial charge in [0.25, 0.3) is 0 Å². The molecule has 4 heteroatoms. The number of hydrogen-bond donors (Lipinski definition) is 2. The summed E-state index contributed by atoms with van der Waals surface area (Å²) < 4.78 is 1.97. The molecule has 4 aromatic rings. The average molecular weight is 340 g/mol. The zero-order valence-electron chi connectivity index (χ0n) is 14.8. The molecule has 2 aromatic carbocycles. The lowest BCUT2D eigenvalue weighted by Crippen LogP contribution is -2.21. The van der Waals surface area contributed by atoms with Gasteiger partial charge in [-0.25, -0.2) is 0 Å². The lowest BCUT2D eigenvalue weighted by atomic mass is 9.99. The Hall–Kier alpha value is -3.40. The molecule has 4 nitrogen and oxygen atoms in total. The van der Waals surface area contributed by atoms with Crippen LogP contribution in [-0.4, -0.2) is 9.55 Å². The predicted octanol–water partition coefficient (Wildman–Crippen LogP) is 4.37. The van der Waals surface area contributed by atoms with E-state index >= 15 is 0 Å². The summed E-state index contributed by atoms with van der Waals surface area (Å²) in [6.07, 6.45) is 1.87. The maximum absolute atomic E-state index is 8.94. The summed E-state index contributed by atoms with van der Waals surface area (Å²) in [6.45, 7) is 4.01. The summed E-state index contributed by atoms with van der Waals surface area (Å²) in [5, 5.41) is 9.94. The molecule has 0 saturated heterocycles. The normalized spacial score (nSPS) is 11.0. The van der Waals surface area contributed by atoms with Crippen LogP contribution < -0.4 is 11.2 Å². The third-order valence-corrected chi connectivity index (χ3v) is 4.63. The van der Waals surface area contributed by atoms with E-state index in [9.17, 15) is 0 Å². The molecule has 2 aromatic heterocycles. The molecule has 0 bridgehead atoms. The number of rotatable bonds is 2. The van der Waals surface area contributed by atoms with Crippen molar-refractivity contribution in [1.29, 1.82) is 5.41 Å². The second kappa shape index (κ2) is 6.15. The molecule has 0 fully saturated rings. The van der Waals surface area contributed by atoms with Gasteiger partial charge in [-0.05, 0) is 61.4 Å². The van der Waals surface area contributed by atoms with Crippen molar-refractivity contribution >= 4 is 16.6 Å². The molecule has 0 spiro atoms. The largest absolute Gasteiger partial charge is 0.399 e. The van der Waals surface area contributed by atoms with Crippen LogP contribution in [0.3, 0.4) is 0 Å². The average Bonchev–Trinajstić information content (AvgIpc) is 2.64. The van der Waals surface area contributed by atoms with E-state index in [2.05, 4.69) is 4.98 Å². The topological polar surface area (TPSA) is 67.7 Å². The lowest BCUT2D eigenvalue weighted by molar-refractivity contribution is 0.965. The van der Waals surface area contributed by atoms with Crippen LogP contribution in [0.5, 0.6) is 0 Å². The van der Waals surface area contributed by atoms with Crippen LogP contribution in [0, 0.1) is 19.3 Å². The van der Waals surface area contributed by atoms with E-state index < -0.39 is 0 Å². The summed E-state index contributed by atoms with van der Waals surface area (Å²) in [7, 11) is 0. The number of fused-ring (bicyclic) bond motifs is 1. The monoisotopic (exact) mass is 340 g/mol. The summed E-state index contributed by atoms with van der Waals surface area (Å²) >= 11 is 0. The standard InChI is InChI=1S/C22H20N4/c1-14-8-9-17(23)12-19(14)20-11-16-13-25-15(2)10-21(16)26(22(20)24)18-6-4-3-5-7-18/h3-13,24H,23H2,1-2H3. The summed E-state index contributed by atoms with van der Waals surface area (Å²) in [5.74, 6) is 0. The van der Waals surface area contributed by atoms with Gasteiger partial charge in [0.05, 0.1) is 5.52 Å². The minimum absolute atomic E-state index is 0.433. The van der Waals surface area contributed by atoms with Crippen LogP contribution in [0.15, 0.2) is 66.9 Å². The number of pyridine rings is 2. The predicted molar refractivity (Wildman–Crippen MR) is 106 cm³/mol. The van der Waals surface area contributed by atoms with Crippen LogP contribution in [-0.2, 0) is 0 Å². The molecule has 0 saturated carbocycles. The van der Waals surface area contributed by atoms with Gasteiger partial charge in [-0.1, -0.05) is 24.3 Å². The maximum Gasteiger partial charge on any atom is 0.137 e. The van der Waals surface area contributed by atoms with E-state index in [0.717, 1.165) is 39.0 Å². The molecule has 0 amide bonds. The summed E-state index contributed by atoms with van der Waals surface area (Å²) in [4.78, 5) is 4.45. The Morgan fingerprint density at radius 2 is 1.69 bits per heavy atom. The molecule has 0 unspecified atom stereocenters. The van der Waals surface area contributed by atoms with E-state index in [0.29, 0.717) is 11.2 Å². The van der Waals surface area contributed by atoms with E-state index in [1.165, 1.54) is 0 Å². The first kappa shape index (κ1) is 16.1. The van der Waals surface area contributed by atoms with Crippen LogP contribution >= 0.6 is 0 Å². The molecular weight excluding hydrogens is 320 g/mol. The van der Waals surface area contributed by atoms with Crippen molar-refractivity contribution in [2.24, 2.45) is 0 Å². The van der Waals surface area contributed by atoms with Crippen molar-refractivity contribution in [2.75, 3.05) is 5.73 Å². The highest BCUT2D eigenvalue weighted by Gasteiger charge is 2.12. The zero-order valence-corrected chi connectivity index (χ0v) is 14.8. The highest BCUT2D eigenvalue weighted by Crippen LogP contribution is 2.27. The third kappa shape index (κ3) is 2.65. The van der Waals surface area contributed by atoms with Gasteiger partial charge in [-0.15, -0.1) is 0 Å². The number of nitrogens with two attached hydrogens (primary N) is 1. The number of benzene rings is 2. The number of aromatic nitrogens is 2. The molecule has 128 valence electrons. The first-order valence-corrected chi connectivity index (χ1v) is 8.53. The second-order valence-electron chi connectivity index (χ2n) is 6.54. The van der Waals surface area contributed by atoms with E-state index in [4.69, 9.17) is 11.1 Å². The Bertz CT molecular complexity index is 1170. The quantitative estimate of drug-likeness (QED) is 0.532. The highest BCUT2D eigenvalue weighted by atomic mass is 15.0. The fourth-order valence-electron chi connectivity index (χ4n) is 3.31. The molecule has 0 aliphatic carbocycles. The van der Waals surface area contributed by atoms with E-state index in [1.54, 1.807) is 0 Å². The highest BCUT2D eigenvalue weighted by molar-refractivity contribution is 5.86. The van der Waals surface area contributed by atoms with Crippen molar-refractivity contribution in [3.63, 3.8) is 0 Å². The first-order valence-electron chi connectivity index (χ1n) is 8.53. The number of nitrogens with one attached hydrogen (secondary N) is 1. The molecule has 0 aliphatic heterocycles. The van der Waals surface area contributed by atoms with Gasteiger partial charge in [0.2, 0.25) is 0 Å². The molecular formula is C22H20N4. The number of nitrogens with zero attached hydrogens (tertiary/aromatic N) is 2. The molecule has 0 atom stereocenters. The Kier molecular flexibility index (Phi) is 3.81. The Morgan fingerprint density at radius 1 is 0.923 bits per heavy atom. The molecule has 2 heterocycles. The summed E-state index contributed by atoms with van der Waals surface area (Å²) in [5.41, 5.74) is 12.9. The SMILES string of the molecule is Cc1cc2c(cn1)cc(-c1cc(N)ccc1C)c(=N)n2-c1ccccc1. The van der Waals surface area contributed by atoms with E-state index in [-0.39, 0.29) is 0 Å². The van der Waals surface area contributed by atoms with Crippen LogP contribution in [0.1, 0.15) is 11.3 Å². The minimum Gasteiger partial charge on any atom is -0.399 e. The number of aryl methyl sites for hydroxylation is 2. The lowest BCUT2D eigenvalue weighted by Gasteiger charge is -2.16. The van der Waals surface area contributed by atoms with Crippen molar-refractivity contribution < 1.29 is 0 Å². The van der Waals surface area contributed by atoms with Gasteiger partial charge in [0, 0.05) is 34.2 Å². The number of para-hydroxylation sites is 1. The van der Waals surface area contributed by atoms with Crippen LogP contribution in [0.25, 0.3) is 27.7 Å². The van der Waals surface area contributed by atoms with Gasteiger partial charge in [0.1, 0.15) is 5.49 Å². The molecule has 26 heavy (non-hydrogen) atoms. The van der Waals surface area contributed by atoms with Crippen molar-refractivity contribution in [3.8, 4) is 16.8 Å². The van der Waals surface area contributed by atoms with Crippen LogP contribution in [0.4, 0.5) is 5.69 Å². The van der Waals surface area contributed by atoms with Gasteiger partial charge in [0.15, 0.2) is 0 Å². The van der Waals surface area contributed by atoms with Gasteiger partial charge in [-0.3, -0.25) is 15.0 Å². The fourth-order valence-corrected chi connectivity index (χ4v) is 3.31. The zero-order chi connectivity index (χ0) is 18.3. The van der Waals surface area contributed by atoms with Gasteiger partial charge in [-0.2, -0.15) is 0 Å². The number of anilines is 1. The van der Waals surface area contributed by atoms with Gasteiger partial charge >= 0.3 is 0 Å². The smallest absolute Gasteiger partial charge is 0.137 e. The van der Waals surface area contributed by atoms with Crippen molar-refractivity contribution in [2.45, 2.75) is 13.8 Å². The van der Waals surface area contributed by atoms with Crippen LogP contribution in [0.2, 0.25) is 0 Å². The van der Waals surface area contributed by atoms with Crippen molar-refractivity contribution in [3.05, 3.63) is 83.6 Å². The summed E-state index contributed by atoms with van der Waals surface area (Å²) in [6, 6.07) is 19.9. The van der Waals surface area contributed by atoms with E-state index in [1.807, 2.05) is 85.3 Å². The first-order chi connectivity index (χ1) is 12.5. The molecule has 4 rings (SSSR count). The Balaban J connectivity index is 2.14.